The van der Waals surface area contributed by atoms with Crippen molar-refractivity contribution < 1.29 is 19.1 Å². The lowest BCUT2D eigenvalue weighted by Gasteiger charge is -2.27. The molecular weight excluding hydrogens is 406 g/mol. The summed E-state index contributed by atoms with van der Waals surface area (Å²) in [4.78, 5) is 24.0. The van der Waals surface area contributed by atoms with Gasteiger partial charge in [0.1, 0.15) is 12.2 Å². The number of carbonyl (C=O) groups is 2. The Morgan fingerprint density at radius 2 is 1.50 bits per heavy atom. The molecule has 1 heterocycles. The van der Waals surface area contributed by atoms with E-state index in [0.717, 1.165) is 5.71 Å². The van der Waals surface area contributed by atoms with Gasteiger partial charge in [0, 0.05) is 37.6 Å². The standard InChI is InChI=1S/C20H20N2O2.C5H11NO2/c21-14-9-11-22(12-10-14)20(23)24-13-19-17-7-3-1-5-15(17)16-6-2-4-8-18(16)19;1-5(2,3)8-4(6)7/h1-8,19,21H,9-13H2;1-3H3,(H2,6,7). The maximum atomic E-state index is 12.3. The Bertz CT molecular complexity index is 941. The quantitative estimate of drug-likeness (QED) is 0.695. The monoisotopic (exact) mass is 437 g/mol. The normalized spacial score (nSPS) is 15.2. The van der Waals surface area contributed by atoms with Gasteiger partial charge in [-0.2, -0.15) is 0 Å². The van der Waals surface area contributed by atoms with E-state index < -0.39 is 11.7 Å². The largest absolute Gasteiger partial charge is 0.448 e. The number of piperidine rings is 1. The third-order valence-corrected chi connectivity index (χ3v) is 5.37. The first-order valence-corrected chi connectivity index (χ1v) is 10.8. The van der Waals surface area contributed by atoms with Crippen LogP contribution < -0.4 is 5.73 Å². The lowest BCUT2D eigenvalue weighted by molar-refractivity contribution is 0.0600. The lowest BCUT2D eigenvalue weighted by Crippen LogP contribution is -2.39. The average Bonchev–Trinajstić information content (AvgIpc) is 3.05. The summed E-state index contributed by atoms with van der Waals surface area (Å²) in [6.07, 6.45) is 0.329. The minimum absolute atomic E-state index is 0.101. The second kappa shape index (κ2) is 9.85. The van der Waals surface area contributed by atoms with Gasteiger partial charge in [-0.1, -0.05) is 48.5 Å². The highest BCUT2D eigenvalue weighted by molar-refractivity contribution is 5.84. The molecule has 0 spiro atoms. The first kappa shape index (κ1) is 23.3. The van der Waals surface area contributed by atoms with E-state index >= 15 is 0 Å². The van der Waals surface area contributed by atoms with Crippen molar-refractivity contribution in [1.82, 2.24) is 4.90 Å². The molecule has 1 fully saturated rings. The van der Waals surface area contributed by atoms with E-state index in [1.807, 2.05) is 24.3 Å². The van der Waals surface area contributed by atoms with E-state index in [1.54, 1.807) is 25.7 Å². The minimum atomic E-state index is -0.725. The number of ether oxygens (including phenoxy) is 2. The van der Waals surface area contributed by atoms with Crippen molar-refractivity contribution >= 4 is 17.9 Å². The van der Waals surface area contributed by atoms with Gasteiger partial charge in [0.15, 0.2) is 0 Å². The Morgan fingerprint density at radius 3 is 1.94 bits per heavy atom. The molecule has 2 aromatic rings. The maximum absolute atomic E-state index is 12.3. The third-order valence-electron chi connectivity index (χ3n) is 5.37. The Hall–Kier alpha value is -3.35. The molecule has 2 amide bonds. The van der Waals surface area contributed by atoms with Gasteiger partial charge in [-0.15, -0.1) is 0 Å². The van der Waals surface area contributed by atoms with Crippen LogP contribution in [0.25, 0.3) is 11.1 Å². The number of rotatable bonds is 2. The molecule has 0 unspecified atom stereocenters. The molecule has 3 N–H and O–H groups in total. The van der Waals surface area contributed by atoms with Crippen molar-refractivity contribution in [2.75, 3.05) is 19.7 Å². The van der Waals surface area contributed by atoms with E-state index in [1.165, 1.54) is 22.3 Å². The SMILES string of the molecule is CC(C)(C)OC(N)=O.N=C1CCN(C(=O)OCC2c3ccccc3-c3ccccc32)CC1. The molecule has 4 rings (SSSR count). The lowest BCUT2D eigenvalue weighted by atomic mass is 9.98. The van der Waals surface area contributed by atoms with Gasteiger partial charge in [-0.3, -0.25) is 0 Å². The maximum Gasteiger partial charge on any atom is 0.409 e. The van der Waals surface area contributed by atoms with Crippen LogP contribution in [0.4, 0.5) is 9.59 Å². The van der Waals surface area contributed by atoms with Crippen molar-refractivity contribution in [2.45, 2.75) is 45.1 Å². The van der Waals surface area contributed by atoms with Crippen LogP contribution in [0.5, 0.6) is 0 Å². The average molecular weight is 438 g/mol. The molecule has 0 atom stereocenters. The molecule has 1 aliphatic heterocycles. The molecule has 0 saturated carbocycles. The molecule has 1 aliphatic carbocycles. The number of nitrogens with zero attached hydrogens (tertiary/aromatic N) is 1. The summed E-state index contributed by atoms with van der Waals surface area (Å²) in [5.41, 5.74) is 9.92. The summed E-state index contributed by atoms with van der Waals surface area (Å²) in [7, 11) is 0. The number of primary amides is 1. The molecule has 170 valence electrons. The van der Waals surface area contributed by atoms with Gasteiger partial charge in [0.25, 0.3) is 0 Å². The van der Waals surface area contributed by atoms with Crippen LogP contribution in [0.2, 0.25) is 0 Å². The number of fused-ring (bicyclic) bond motifs is 3. The molecule has 7 nitrogen and oxygen atoms in total. The van der Waals surface area contributed by atoms with Crippen LogP contribution in [-0.2, 0) is 9.47 Å². The Labute approximate surface area is 189 Å². The van der Waals surface area contributed by atoms with E-state index in [2.05, 4.69) is 29.0 Å². The number of hydrogen-bond acceptors (Lipinski definition) is 5. The molecule has 0 aromatic heterocycles. The topological polar surface area (TPSA) is 106 Å². The fraction of sp³-hybridized carbons (Fsp3) is 0.400. The van der Waals surface area contributed by atoms with Crippen LogP contribution in [0.3, 0.4) is 0 Å². The van der Waals surface area contributed by atoms with E-state index in [9.17, 15) is 9.59 Å². The first-order valence-electron chi connectivity index (χ1n) is 10.8. The highest BCUT2D eigenvalue weighted by Crippen LogP contribution is 2.44. The summed E-state index contributed by atoms with van der Waals surface area (Å²) in [6, 6.07) is 16.7. The predicted octanol–water partition coefficient (Wildman–Crippen LogP) is 4.93. The molecule has 0 radical (unpaired) electrons. The number of likely N-dealkylation sites (tertiary alicyclic amines) is 1. The third kappa shape index (κ3) is 5.87. The number of benzene rings is 2. The van der Waals surface area contributed by atoms with Crippen molar-refractivity contribution in [2.24, 2.45) is 5.73 Å². The Balaban J connectivity index is 0.000000312. The van der Waals surface area contributed by atoms with Gasteiger partial charge in [-0.05, 0) is 43.0 Å². The molecule has 7 heteroatoms. The van der Waals surface area contributed by atoms with E-state index in [0.29, 0.717) is 32.5 Å². The van der Waals surface area contributed by atoms with Crippen LogP contribution in [0.1, 0.15) is 50.7 Å². The van der Waals surface area contributed by atoms with Crippen LogP contribution in [0.15, 0.2) is 48.5 Å². The fourth-order valence-corrected chi connectivity index (χ4v) is 3.95. The van der Waals surface area contributed by atoms with Crippen LogP contribution >= 0.6 is 0 Å². The number of carbonyl (C=O) groups excluding carboxylic acids is 2. The fourth-order valence-electron chi connectivity index (χ4n) is 3.95. The van der Waals surface area contributed by atoms with Crippen LogP contribution in [-0.4, -0.2) is 48.1 Å². The zero-order chi connectivity index (χ0) is 23.3. The second-order valence-electron chi connectivity index (χ2n) is 8.93. The van der Waals surface area contributed by atoms with Crippen molar-refractivity contribution in [3.8, 4) is 11.1 Å². The van der Waals surface area contributed by atoms with E-state index in [4.69, 9.17) is 15.9 Å². The van der Waals surface area contributed by atoms with E-state index in [-0.39, 0.29) is 12.0 Å². The predicted molar refractivity (Wildman–Crippen MR) is 124 cm³/mol. The zero-order valence-electron chi connectivity index (χ0n) is 18.9. The van der Waals surface area contributed by atoms with Crippen molar-refractivity contribution in [1.29, 1.82) is 5.41 Å². The summed E-state index contributed by atoms with van der Waals surface area (Å²) < 4.78 is 10.2. The summed E-state index contributed by atoms with van der Waals surface area (Å²) in [6.45, 7) is 6.83. The summed E-state index contributed by atoms with van der Waals surface area (Å²) in [5, 5.41) is 7.64. The van der Waals surface area contributed by atoms with Gasteiger partial charge in [0.05, 0.1) is 0 Å². The second-order valence-corrected chi connectivity index (χ2v) is 8.93. The van der Waals surface area contributed by atoms with Gasteiger partial charge >= 0.3 is 12.2 Å². The Morgan fingerprint density at radius 1 is 1.00 bits per heavy atom. The zero-order valence-corrected chi connectivity index (χ0v) is 18.9. The van der Waals surface area contributed by atoms with Crippen molar-refractivity contribution in [3.05, 3.63) is 59.7 Å². The number of amides is 2. The highest BCUT2D eigenvalue weighted by atomic mass is 16.6. The first-order chi connectivity index (χ1) is 15.2. The Kier molecular flexibility index (Phi) is 7.18. The molecule has 2 aromatic carbocycles. The smallest absolute Gasteiger partial charge is 0.409 e. The molecular formula is C25H31N3O4. The number of nitrogens with two attached hydrogens (primary N) is 1. The number of nitrogens with one attached hydrogen (secondary N) is 1. The minimum Gasteiger partial charge on any atom is -0.448 e. The van der Waals surface area contributed by atoms with Crippen LogP contribution in [0, 0.1) is 5.41 Å². The molecule has 32 heavy (non-hydrogen) atoms. The highest BCUT2D eigenvalue weighted by Gasteiger charge is 2.30. The summed E-state index contributed by atoms with van der Waals surface area (Å²) >= 11 is 0. The molecule has 2 aliphatic rings. The number of hydrogen-bond donors (Lipinski definition) is 2. The summed E-state index contributed by atoms with van der Waals surface area (Å²) in [5.74, 6) is 0.101. The molecule has 1 saturated heterocycles. The van der Waals surface area contributed by atoms with Gasteiger partial charge in [-0.25, -0.2) is 9.59 Å². The van der Waals surface area contributed by atoms with Gasteiger partial charge < -0.3 is 25.5 Å². The van der Waals surface area contributed by atoms with Crippen molar-refractivity contribution in [3.63, 3.8) is 0 Å². The molecule has 0 bridgehead atoms. The van der Waals surface area contributed by atoms with Gasteiger partial charge in [0.2, 0.25) is 0 Å².